The number of halogens is 4. The Morgan fingerprint density at radius 3 is 2.12 bits per heavy atom. The van der Waals surface area contributed by atoms with Gasteiger partial charge in [-0.25, -0.2) is 4.39 Å². The molecule has 1 aliphatic rings. The Kier molecular flexibility index (Phi) is 4.61. The predicted molar refractivity (Wildman–Crippen MR) is 83.8 cm³/mol. The lowest BCUT2D eigenvalue weighted by atomic mass is 10.2. The van der Waals surface area contributed by atoms with Crippen molar-refractivity contribution < 1.29 is 22.4 Å². The molecule has 1 amide bonds. The normalized spacial score (nSPS) is 15.4. The molecule has 132 valence electrons. The predicted octanol–water partition coefficient (Wildman–Crippen LogP) is 3.20. The van der Waals surface area contributed by atoms with Crippen LogP contribution in [0.2, 0.25) is 0 Å². The highest BCUT2D eigenvalue weighted by molar-refractivity contribution is 5.94. The number of benzene rings is 1. The fourth-order valence-electron chi connectivity index (χ4n) is 2.69. The van der Waals surface area contributed by atoms with Crippen LogP contribution in [0.1, 0.15) is 16.1 Å². The Morgan fingerprint density at radius 2 is 1.60 bits per heavy atom. The molecule has 0 bridgehead atoms. The molecule has 4 nitrogen and oxygen atoms in total. The average Bonchev–Trinajstić information content (AvgIpc) is 2.61. The molecule has 1 aromatic carbocycles. The minimum absolute atomic E-state index is 0.128. The van der Waals surface area contributed by atoms with E-state index < -0.39 is 11.9 Å². The number of hydrogen-bond acceptors (Lipinski definition) is 3. The minimum Gasteiger partial charge on any atom is -0.368 e. The fourth-order valence-corrected chi connectivity index (χ4v) is 2.69. The number of anilines is 1. The maximum Gasteiger partial charge on any atom is 0.433 e. The van der Waals surface area contributed by atoms with Gasteiger partial charge in [-0.2, -0.15) is 13.2 Å². The highest BCUT2D eigenvalue weighted by Crippen LogP contribution is 2.27. The highest BCUT2D eigenvalue weighted by atomic mass is 19.4. The summed E-state index contributed by atoms with van der Waals surface area (Å²) in [4.78, 5) is 19.3. The van der Waals surface area contributed by atoms with Gasteiger partial charge in [0.2, 0.25) is 0 Å². The van der Waals surface area contributed by atoms with Crippen molar-refractivity contribution in [2.24, 2.45) is 0 Å². The maximum absolute atomic E-state index is 13.0. The maximum atomic E-state index is 13.0. The van der Waals surface area contributed by atoms with Crippen LogP contribution in [0.4, 0.5) is 23.2 Å². The Bertz CT molecular complexity index is 736. The Balaban J connectivity index is 1.62. The van der Waals surface area contributed by atoms with Gasteiger partial charge in [0, 0.05) is 38.1 Å². The van der Waals surface area contributed by atoms with Crippen molar-refractivity contribution in [2.75, 3.05) is 31.1 Å². The molecule has 0 saturated carbocycles. The van der Waals surface area contributed by atoms with E-state index in [2.05, 4.69) is 4.98 Å². The second kappa shape index (κ2) is 6.70. The molecule has 0 atom stereocenters. The smallest absolute Gasteiger partial charge is 0.368 e. The van der Waals surface area contributed by atoms with Gasteiger partial charge in [0.15, 0.2) is 0 Å². The summed E-state index contributed by atoms with van der Waals surface area (Å²) in [6.07, 6.45) is -3.57. The molecule has 0 N–H and O–H groups in total. The van der Waals surface area contributed by atoms with Crippen LogP contribution in [0.5, 0.6) is 0 Å². The lowest BCUT2D eigenvalue weighted by Crippen LogP contribution is -2.48. The van der Waals surface area contributed by atoms with E-state index in [9.17, 15) is 22.4 Å². The zero-order chi connectivity index (χ0) is 18.0. The zero-order valence-corrected chi connectivity index (χ0v) is 13.1. The van der Waals surface area contributed by atoms with Crippen molar-refractivity contribution in [1.82, 2.24) is 9.88 Å². The number of piperazine rings is 1. The van der Waals surface area contributed by atoms with Crippen LogP contribution >= 0.6 is 0 Å². The lowest BCUT2D eigenvalue weighted by Gasteiger charge is -2.36. The minimum atomic E-state index is -4.53. The summed E-state index contributed by atoms with van der Waals surface area (Å²) in [7, 11) is 0. The highest BCUT2D eigenvalue weighted by Gasteiger charge is 2.32. The van der Waals surface area contributed by atoms with Gasteiger partial charge >= 0.3 is 6.18 Å². The van der Waals surface area contributed by atoms with Crippen molar-refractivity contribution in [1.29, 1.82) is 0 Å². The number of hydrogen-bond donors (Lipinski definition) is 0. The number of rotatable bonds is 2. The van der Waals surface area contributed by atoms with Crippen molar-refractivity contribution in [3.8, 4) is 0 Å². The molecule has 1 aliphatic heterocycles. The van der Waals surface area contributed by atoms with Crippen molar-refractivity contribution in [3.63, 3.8) is 0 Å². The summed E-state index contributed by atoms with van der Waals surface area (Å²) in [5, 5.41) is 0. The van der Waals surface area contributed by atoms with Gasteiger partial charge in [0.05, 0.1) is 5.56 Å². The summed E-state index contributed by atoms with van der Waals surface area (Å²) in [6, 6.07) is 8.05. The van der Waals surface area contributed by atoms with E-state index in [1.165, 1.54) is 12.1 Å². The first-order chi connectivity index (χ1) is 11.8. The number of carbonyl (C=O) groups is 1. The fraction of sp³-hybridized carbons (Fsp3) is 0.294. The van der Waals surface area contributed by atoms with Gasteiger partial charge < -0.3 is 9.80 Å². The van der Waals surface area contributed by atoms with Crippen molar-refractivity contribution in [2.45, 2.75) is 6.18 Å². The standard InChI is InChI=1S/C17H15F4N3O/c18-13-2-4-14(5-3-13)23-7-9-24(10-8-23)16(25)12-1-6-15(22-11-12)17(19,20)21/h1-6,11H,7-10H2. The second-order valence-corrected chi connectivity index (χ2v) is 5.69. The molecule has 0 aliphatic carbocycles. The molecule has 2 heterocycles. The molecule has 2 aromatic rings. The number of nitrogens with zero attached hydrogens (tertiary/aromatic N) is 3. The summed E-state index contributed by atoms with van der Waals surface area (Å²) in [5.74, 6) is -0.660. The van der Waals surface area contributed by atoms with E-state index in [1.807, 2.05) is 4.90 Å². The molecule has 0 radical (unpaired) electrons. The van der Waals surface area contributed by atoms with E-state index in [-0.39, 0.29) is 17.3 Å². The molecule has 1 saturated heterocycles. The van der Waals surface area contributed by atoms with Gasteiger partial charge in [-0.1, -0.05) is 0 Å². The Labute approximate surface area is 141 Å². The number of aromatic nitrogens is 1. The first kappa shape index (κ1) is 17.2. The van der Waals surface area contributed by atoms with Crippen LogP contribution in [-0.4, -0.2) is 42.0 Å². The van der Waals surface area contributed by atoms with Gasteiger partial charge in [-0.15, -0.1) is 0 Å². The largest absolute Gasteiger partial charge is 0.433 e. The molecule has 0 unspecified atom stereocenters. The van der Waals surface area contributed by atoms with Crippen molar-refractivity contribution in [3.05, 3.63) is 59.7 Å². The van der Waals surface area contributed by atoms with Crippen LogP contribution in [0.3, 0.4) is 0 Å². The Hall–Kier alpha value is -2.64. The quantitative estimate of drug-likeness (QED) is 0.778. The van der Waals surface area contributed by atoms with Crippen LogP contribution in [-0.2, 0) is 6.18 Å². The van der Waals surface area contributed by atoms with Crippen LogP contribution in [0, 0.1) is 5.82 Å². The number of carbonyl (C=O) groups excluding carboxylic acids is 1. The first-order valence-electron chi connectivity index (χ1n) is 7.67. The topological polar surface area (TPSA) is 36.4 Å². The van der Waals surface area contributed by atoms with Crippen molar-refractivity contribution >= 4 is 11.6 Å². The van der Waals surface area contributed by atoms with E-state index >= 15 is 0 Å². The van der Waals surface area contributed by atoms with E-state index in [0.29, 0.717) is 26.2 Å². The molecule has 1 fully saturated rings. The third-order valence-corrected chi connectivity index (χ3v) is 4.06. The molecular formula is C17H15F4N3O. The monoisotopic (exact) mass is 353 g/mol. The molecule has 3 rings (SSSR count). The number of amides is 1. The molecular weight excluding hydrogens is 338 g/mol. The molecule has 0 spiro atoms. The molecule has 25 heavy (non-hydrogen) atoms. The number of alkyl halides is 3. The summed E-state index contributed by atoms with van der Waals surface area (Å²) < 4.78 is 50.5. The number of pyridine rings is 1. The zero-order valence-electron chi connectivity index (χ0n) is 13.1. The lowest BCUT2D eigenvalue weighted by molar-refractivity contribution is -0.141. The van der Waals surface area contributed by atoms with E-state index in [4.69, 9.17) is 0 Å². The summed E-state index contributed by atoms with van der Waals surface area (Å²) >= 11 is 0. The van der Waals surface area contributed by atoms with Gasteiger partial charge in [-0.3, -0.25) is 9.78 Å². The summed E-state index contributed by atoms with van der Waals surface area (Å²) in [5.41, 5.74) is -0.0295. The molecule has 1 aromatic heterocycles. The van der Waals surface area contributed by atoms with E-state index in [1.54, 1.807) is 17.0 Å². The van der Waals surface area contributed by atoms with E-state index in [0.717, 1.165) is 24.0 Å². The second-order valence-electron chi connectivity index (χ2n) is 5.69. The van der Waals surface area contributed by atoms with Gasteiger partial charge in [0.25, 0.3) is 5.91 Å². The first-order valence-corrected chi connectivity index (χ1v) is 7.67. The van der Waals surface area contributed by atoms with Crippen LogP contribution in [0.25, 0.3) is 0 Å². The van der Waals surface area contributed by atoms with Crippen LogP contribution in [0.15, 0.2) is 42.6 Å². The van der Waals surface area contributed by atoms with Crippen LogP contribution < -0.4 is 4.90 Å². The third-order valence-electron chi connectivity index (χ3n) is 4.06. The van der Waals surface area contributed by atoms with Gasteiger partial charge in [-0.05, 0) is 36.4 Å². The summed E-state index contributed by atoms with van der Waals surface area (Å²) in [6.45, 7) is 1.98. The third kappa shape index (κ3) is 3.89. The SMILES string of the molecule is O=C(c1ccc(C(F)(F)F)nc1)N1CCN(c2ccc(F)cc2)CC1. The average molecular weight is 353 g/mol. The van der Waals surface area contributed by atoms with Gasteiger partial charge in [0.1, 0.15) is 11.5 Å². The Morgan fingerprint density at radius 1 is 0.960 bits per heavy atom. The molecule has 8 heteroatoms.